The Morgan fingerprint density at radius 1 is 1.28 bits per heavy atom. The first-order valence-electron chi connectivity index (χ1n) is 6.23. The maximum atomic E-state index is 11.9. The van der Waals surface area contributed by atoms with E-state index in [0.717, 1.165) is 25.9 Å². The molecule has 0 spiro atoms. The van der Waals surface area contributed by atoms with Crippen molar-refractivity contribution < 1.29 is 9.59 Å². The van der Waals surface area contributed by atoms with E-state index in [4.69, 9.17) is 0 Å². The molecule has 95 valence electrons. The van der Waals surface area contributed by atoms with Gasteiger partial charge in [-0.25, -0.2) is 0 Å². The zero-order valence-corrected chi connectivity index (χ0v) is 10.3. The van der Waals surface area contributed by atoms with Crippen molar-refractivity contribution in [2.24, 2.45) is 0 Å². The van der Waals surface area contributed by atoms with Crippen LogP contribution in [-0.2, 0) is 4.79 Å². The summed E-state index contributed by atoms with van der Waals surface area (Å²) in [7, 11) is 0. The monoisotopic (exact) mass is 245 g/mol. The Labute approximate surface area is 107 Å². The first-order chi connectivity index (χ1) is 8.79. The fraction of sp³-hybridized carbons (Fsp3) is 0.429. The minimum Gasteiger partial charge on any atom is -0.349 e. The smallest absolute Gasteiger partial charge is 0.251 e. The summed E-state index contributed by atoms with van der Waals surface area (Å²) in [6.07, 6.45) is 3.69. The third kappa shape index (κ3) is 3.40. The molecule has 0 unspecified atom stereocenters. The summed E-state index contributed by atoms with van der Waals surface area (Å²) in [5.41, 5.74) is 0.696. The molecule has 0 atom stereocenters. The van der Waals surface area contributed by atoms with Crippen molar-refractivity contribution in [1.29, 1.82) is 0 Å². The lowest BCUT2D eigenvalue weighted by atomic mass is 10.0. The summed E-state index contributed by atoms with van der Waals surface area (Å²) in [6.45, 7) is 2.06. The highest BCUT2D eigenvalue weighted by Crippen LogP contribution is 2.10. The van der Waals surface area contributed by atoms with Crippen molar-refractivity contribution in [3.63, 3.8) is 0 Å². The van der Waals surface area contributed by atoms with Crippen molar-refractivity contribution >= 4 is 12.2 Å². The molecule has 1 aromatic rings. The van der Waals surface area contributed by atoms with E-state index in [0.29, 0.717) is 12.1 Å². The molecule has 1 aliphatic heterocycles. The van der Waals surface area contributed by atoms with Crippen LogP contribution >= 0.6 is 0 Å². The average Bonchev–Trinajstić information content (AvgIpc) is 2.42. The van der Waals surface area contributed by atoms with Crippen molar-refractivity contribution in [3.05, 3.63) is 35.9 Å². The van der Waals surface area contributed by atoms with Gasteiger partial charge in [-0.3, -0.25) is 14.5 Å². The van der Waals surface area contributed by atoms with E-state index < -0.39 is 0 Å². The van der Waals surface area contributed by atoms with Crippen LogP contribution in [0.5, 0.6) is 0 Å². The number of nitrogens with one attached hydrogen (secondary N) is 1. The molecule has 1 aromatic carbocycles. The zero-order chi connectivity index (χ0) is 12.8. The average molecular weight is 245 g/mol. The SMILES string of the molecule is O=[C]CN1CCC(NC(=O)c2ccccc2)CC1. The molecule has 0 bridgehead atoms. The van der Waals surface area contributed by atoms with Gasteiger partial charge < -0.3 is 5.32 Å². The van der Waals surface area contributed by atoms with Gasteiger partial charge in [0.1, 0.15) is 0 Å². The summed E-state index contributed by atoms with van der Waals surface area (Å²) in [5, 5.41) is 3.03. The Morgan fingerprint density at radius 2 is 1.94 bits per heavy atom. The van der Waals surface area contributed by atoms with Crippen LogP contribution in [0.15, 0.2) is 30.3 Å². The molecule has 2 rings (SSSR count). The largest absolute Gasteiger partial charge is 0.349 e. The number of hydrogen-bond donors (Lipinski definition) is 1. The number of rotatable bonds is 4. The van der Waals surface area contributed by atoms with E-state index in [9.17, 15) is 9.59 Å². The normalized spacial score (nSPS) is 17.3. The summed E-state index contributed by atoms with van der Waals surface area (Å²) in [5.74, 6) is -0.0176. The quantitative estimate of drug-likeness (QED) is 0.860. The van der Waals surface area contributed by atoms with Crippen molar-refractivity contribution in [1.82, 2.24) is 10.2 Å². The highest BCUT2D eigenvalue weighted by atomic mass is 16.1. The maximum Gasteiger partial charge on any atom is 0.251 e. The molecule has 18 heavy (non-hydrogen) atoms. The maximum absolute atomic E-state index is 11.9. The van der Waals surface area contributed by atoms with Crippen LogP contribution in [0.25, 0.3) is 0 Å². The minimum atomic E-state index is -0.0176. The third-order valence-corrected chi connectivity index (χ3v) is 3.25. The molecule has 1 radical (unpaired) electrons. The summed E-state index contributed by atoms with van der Waals surface area (Å²) in [4.78, 5) is 24.3. The Hall–Kier alpha value is -1.68. The van der Waals surface area contributed by atoms with Crippen LogP contribution in [0.3, 0.4) is 0 Å². The fourth-order valence-electron chi connectivity index (χ4n) is 2.18. The number of amides is 1. The molecule has 1 fully saturated rings. The van der Waals surface area contributed by atoms with Gasteiger partial charge in [0.2, 0.25) is 6.29 Å². The van der Waals surface area contributed by atoms with E-state index in [2.05, 4.69) is 10.2 Å². The number of likely N-dealkylation sites (tertiary alicyclic amines) is 1. The van der Waals surface area contributed by atoms with Crippen LogP contribution in [0.2, 0.25) is 0 Å². The first kappa shape index (κ1) is 12.8. The van der Waals surface area contributed by atoms with Crippen LogP contribution in [0, 0.1) is 0 Å². The van der Waals surface area contributed by atoms with Crippen LogP contribution in [-0.4, -0.2) is 42.8 Å². The topological polar surface area (TPSA) is 49.4 Å². The van der Waals surface area contributed by atoms with Gasteiger partial charge in [0.15, 0.2) is 0 Å². The second-order valence-corrected chi connectivity index (χ2v) is 4.53. The zero-order valence-electron chi connectivity index (χ0n) is 10.3. The number of carbonyl (C=O) groups is 1. The molecule has 1 saturated heterocycles. The molecule has 1 aliphatic rings. The van der Waals surface area contributed by atoms with Gasteiger partial charge in [-0.15, -0.1) is 0 Å². The summed E-state index contributed by atoms with van der Waals surface area (Å²) in [6, 6.07) is 9.44. The number of hydrogen-bond acceptors (Lipinski definition) is 3. The van der Waals surface area contributed by atoms with Gasteiger partial charge in [-0.2, -0.15) is 0 Å². The highest BCUT2D eigenvalue weighted by molar-refractivity contribution is 5.94. The highest BCUT2D eigenvalue weighted by Gasteiger charge is 2.20. The van der Waals surface area contributed by atoms with Gasteiger partial charge in [-0.05, 0) is 25.0 Å². The molecule has 4 nitrogen and oxygen atoms in total. The minimum absolute atomic E-state index is 0.0176. The van der Waals surface area contributed by atoms with Gasteiger partial charge in [-0.1, -0.05) is 18.2 Å². The second kappa shape index (κ2) is 6.31. The summed E-state index contributed by atoms with van der Waals surface area (Å²) < 4.78 is 0. The number of benzene rings is 1. The molecule has 0 aliphatic carbocycles. The van der Waals surface area contributed by atoms with Gasteiger partial charge in [0.25, 0.3) is 5.91 Å². The molecule has 0 aromatic heterocycles. The lowest BCUT2D eigenvalue weighted by Gasteiger charge is -2.30. The lowest BCUT2D eigenvalue weighted by Crippen LogP contribution is -2.45. The predicted octanol–water partition coefficient (Wildman–Crippen LogP) is 0.990. The van der Waals surface area contributed by atoms with Gasteiger partial charge in [0.05, 0.1) is 6.54 Å². The predicted molar refractivity (Wildman–Crippen MR) is 69.1 cm³/mol. The number of nitrogens with zero attached hydrogens (tertiary/aromatic N) is 1. The van der Waals surface area contributed by atoms with E-state index in [1.807, 2.05) is 36.6 Å². The Bertz CT molecular complexity index is 398. The molecule has 4 heteroatoms. The lowest BCUT2D eigenvalue weighted by molar-refractivity contribution is 0.0914. The van der Waals surface area contributed by atoms with Crippen LogP contribution < -0.4 is 5.32 Å². The molecular weight excluding hydrogens is 228 g/mol. The Kier molecular flexibility index (Phi) is 4.47. The molecule has 1 N–H and O–H groups in total. The Morgan fingerprint density at radius 3 is 2.56 bits per heavy atom. The first-order valence-corrected chi connectivity index (χ1v) is 6.23. The molecule has 0 saturated carbocycles. The Balaban J connectivity index is 1.81. The number of carbonyl (C=O) groups excluding carboxylic acids is 2. The van der Waals surface area contributed by atoms with Crippen molar-refractivity contribution in [2.45, 2.75) is 18.9 Å². The van der Waals surface area contributed by atoms with E-state index in [1.54, 1.807) is 0 Å². The fourth-order valence-corrected chi connectivity index (χ4v) is 2.18. The molecular formula is C14H17N2O2. The van der Waals surface area contributed by atoms with Crippen LogP contribution in [0.1, 0.15) is 23.2 Å². The van der Waals surface area contributed by atoms with E-state index in [-0.39, 0.29) is 11.9 Å². The van der Waals surface area contributed by atoms with E-state index in [1.165, 1.54) is 0 Å². The summed E-state index contributed by atoms with van der Waals surface area (Å²) >= 11 is 0. The van der Waals surface area contributed by atoms with Crippen molar-refractivity contribution in [2.75, 3.05) is 19.6 Å². The number of piperidine rings is 1. The van der Waals surface area contributed by atoms with Crippen LogP contribution in [0.4, 0.5) is 0 Å². The van der Waals surface area contributed by atoms with Crippen molar-refractivity contribution in [3.8, 4) is 0 Å². The van der Waals surface area contributed by atoms with Gasteiger partial charge >= 0.3 is 0 Å². The molecule has 1 heterocycles. The third-order valence-electron chi connectivity index (χ3n) is 3.25. The standard InChI is InChI=1S/C14H17N2O2/c17-11-10-16-8-6-13(7-9-16)15-14(18)12-4-2-1-3-5-12/h1-5,13H,6-10H2,(H,15,18). The second-order valence-electron chi connectivity index (χ2n) is 4.53. The molecule has 1 amide bonds. The van der Waals surface area contributed by atoms with E-state index >= 15 is 0 Å². The van der Waals surface area contributed by atoms with Gasteiger partial charge in [0, 0.05) is 24.7 Å².